The summed E-state index contributed by atoms with van der Waals surface area (Å²) in [5.74, 6) is 0.167. The molecule has 3 aromatic rings. The molecule has 1 aromatic carbocycles. The second-order valence-electron chi connectivity index (χ2n) is 5.73. The summed E-state index contributed by atoms with van der Waals surface area (Å²) in [6, 6.07) is 13.5. The zero-order chi connectivity index (χ0) is 16.5. The van der Waals surface area contributed by atoms with Crippen LogP contribution >= 0.6 is 22.9 Å². The van der Waals surface area contributed by atoms with Crippen LogP contribution in [0.5, 0.6) is 0 Å². The number of nitrogens with one attached hydrogen (secondary N) is 1. The van der Waals surface area contributed by atoms with Crippen molar-refractivity contribution in [2.75, 3.05) is 0 Å². The largest absolute Gasteiger partial charge is 0.346 e. The van der Waals surface area contributed by atoms with Crippen LogP contribution < -0.4 is 5.32 Å². The molecule has 2 aromatic heterocycles. The van der Waals surface area contributed by atoms with E-state index >= 15 is 0 Å². The van der Waals surface area contributed by atoms with Crippen LogP contribution in [-0.2, 0) is 6.54 Å². The summed E-state index contributed by atoms with van der Waals surface area (Å²) in [4.78, 5) is 13.6. The fourth-order valence-corrected chi connectivity index (χ4v) is 3.66. The van der Waals surface area contributed by atoms with E-state index in [1.54, 1.807) is 4.68 Å². The number of hydrogen-bond donors (Lipinski definition) is 1. The first-order valence-electron chi connectivity index (χ1n) is 7.76. The average Bonchev–Trinajstić information content (AvgIpc) is 3.20. The second kappa shape index (κ2) is 6.37. The monoisotopic (exact) mass is 358 g/mol. The zero-order valence-electron chi connectivity index (χ0n) is 12.8. The molecule has 0 bridgehead atoms. The first-order valence-corrected chi connectivity index (χ1v) is 8.95. The molecule has 0 aliphatic heterocycles. The second-order valence-corrected chi connectivity index (χ2v) is 7.53. The minimum absolute atomic E-state index is 0.191. The Bertz CT molecular complexity index is 870. The molecule has 0 unspecified atom stereocenters. The van der Waals surface area contributed by atoms with Gasteiger partial charge in [0.15, 0.2) is 5.69 Å². The molecule has 0 saturated heterocycles. The fraction of sp³-hybridized carbons (Fsp3) is 0.235. The molecule has 1 fully saturated rings. The normalized spacial score (nSPS) is 13.9. The van der Waals surface area contributed by atoms with Gasteiger partial charge in [0.05, 0.1) is 22.3 Å². The topological polar surface area (TPSA) is 59.8 Å². The van der Waals surface area contributed by atoms with Crippen molar-refractivity contribution >= 4 is 28.8 Å². The average molecular weight is 359 g/mol. The van der Waals surface area contributed by atoms with E-state index in [9.17, 15) is 4.79 Å². The highest BCUT2D eigenvalue weighted by atomic mass is 35.5. The molecule has 0 spiro atoms. The van der Waals surface area contributed by atoms with E-state index < -0.39 is 0 Å². The minimum atomic E-state index is -0.191. The number of hydrogen-bond acceptors (Lipinski definition) is 4. The van der Waals surface area contributed by atoms with Crippen LogP contribution in [-0.4, -0.2) is 20.9 Å². The van der Waals surface area contributed by atoms with Gasteiger partial charge in [0.2, 0.25) is 0 Å². The van der Waals surface area contributed by atoms with E-state index in [1.165, 1.54) is 11.3 Å². The Kier molecular flexibility index (Phi) is 4.08. The standard InChI is InChI=1S/C17H15ClN4OS/c18-14-9-8-13(24-14)10-19-17(23)15-16(11-6-7-11)22(21-20-15)12-4-2-1-3-5-12/h1-5,8-9,11H,6-7,10H2,(H,19,23). The smallest absolute Gasteiger partial charge is 0.274 e. The third kappa shape index (κ3) is 3.07. The van der Waals surface area contributed by atoms with Crippen molar-refractivity contribution in [1.82, 2.24) is 20.3 Å². The lowest BCUT2D eigenvalue weighted by atomic mass is 10.2. The Morgan fingerprint density at radius 2 is 2.04 bits per heavy atom. The minimum Gasteiger partial charge on any atom is -0.346 e. The van der Waals surface area contributed by atoms with E-state index in [1.807, 2.05) is 42.5 Å². The summed E-state index contributed by atoms with van der Waals surface area (Å²) in [5.41, 5.74) is 2.25. The third-order valence-corrected chi connectivity index (χ3v) is 5.17. The molecule has 5 nitrogen and oxygen atoms in total. The highest BCUT2D eigenvalue weighted by Gasteiger charge is 2.34. The summed E-state index contributed by atoms with van der Waals surface area (Å²) < 4.78 is 2.50. The summed E-state index contributed by atoms with van der Waals surface area (Å²) in [5, 5.41) is 11.3. The van der Waals surface area contributed by atoms with E-state index in [4.69, 9.17) is 11.6 Å². The Morgan fingerprint density at radius 1 is 1.25 bits per heavy atom. The van der Waals surface area contributed by atoms with E-state index in [0.29, 0.717) is 22.5 Å². The van der Waals surface area contributed by atoms with Crippen LogP contribution in [0, 0.1) is 0 Å². The molecule has 1 aliphatic carbocycles. The number of benzene rings is 1. The summed E-state index contributed by atoms with van der Waals surface area (Å²) in [7, 11) is 0. The number of thiophene rings is 1. The Hall–Kier alpha value is -2.18. The van der Waals surface area contributed by atoms with Crippen LogP contribution in [0.1, 0.15) is 39.8 Å². The van der Waals surface area contributed by atoms with Crippen molar-refractivity contribution in [3.8, 4) is 5.69 Å². The van der Waals surface area contributed by atoms with Crippen molar-refractivity contribution in [2.45, 2.75) is 25.3 Å². The number of amides is 1. The van der Waals surface area contributed by atoms with Crippen LogP contribution in [0.4, 0.5) is 0 Å². The summed E-state index contributed by atoms with van der Waals surface area (Å²) in [6.45, 7) is 0.443. The number of nitrogens with zero attached hydrogens (tertiary/aromatic N) is 3. The quantitative estimate of drug-likeness (QED) is 0.754. The molecule has 1 aliphatic rings. The van der Waals surface area contributed by atoms with Crippen molar-refractivity contribution in [1.29, 1.82) is 0 Å². The lowest BCUT2D eigenvalue weighted by Crippen LogP contribution is -2.24. The SMILES string of the molecule is O=C(NCc1ccc(Cl)s1)c1nnn(-c2ccccc2)c1C1CC1. The van der Waals surface area contributed by atoms with Crippen LogP contribution in [0.15, 0.2) is 42.5 Å². The van der Waals surface area contributed by atoms with Crippen LogP contribution in [0.25, 0.3) is 5.69 Å². The van der Waals surface area contributed by atoms with Gasteiger partial charge in [-0.05, 0) is 37.1 Å². The molecule has 0 atom stereocenters. The van der Waals surface area contributed by atoms with E-state index in [-0.39, 0.29) is 5.91 Å². The Morgan fingerprint density at radius 3 is 2.71 bits per heavy atom. The van der Waals surface area contributed by atoms with Gasteiger partial charge in [-0.3, -0.25) is 4.79 Å². The maximum Gasteiger partial charge on any atom is 0.274 e. The molecule has 1 saturated carbocycles. The van der Waals surface area contributed by atoms with Gasteiger partial charge in [-0.1, -0.05) is 35.0 Å². The van der Waals surface area contributed by atoms with Gasteiger partial charge in [-0.2, -0.15) is 0 Å². The van der Waals surface area contributed by atoms with E-state index in [0.717, 1.165) is 29.1 Å². The molecule has 122 valence electrons. The van der Waals surface area contributed by atoms with Crippen molar-refractivity contribution in [2.24, 2.45) is 0 Å². The van der Waals surface area contributed by atoms with Crippen molar-refractivity contribution in [3.05, 3.63) is 63.1 Å². The molecule has 2 heterocycles. The number of carbonyl (C=O) groups is 1. The predicted octanol–water partition coefficient (Wildman–Crippen LogP) is 3.79. The summed E-state index contributed by atoms with van der Waals surface area (Å²) >= 11 is 7.38. The number of aromatic nitrogens is 3. The third-order valence-electron chi connectivity index (χ3n) is 3.94. The highest BCUT2D eigenvalue weighted by Crippen LogP contribution is 2.41. The maximum atomic E-state index is 12.6. The van der Waals surface area contributed by atoms with Crippen molar-refractivity contribution in [3.63, 3.8) is 0 Å². The first kappa shape index (κ1) is 15.4. The number of halogens is 1. The Balaban J connectivity index is 1.58. The summed E-state index contributed by atoms with van der Waals surface area (Å²) in [6.07, 6.45) is 2.14. The molecule has 4 rings (SSSR count). The van der Waals surface area contributed by atoms with E-state index in [2.05, 4.69) is 15.6 Å². The number of carbonyl (C=O) groups excluding carboxylic acids is 1. The lowest BCUT2D eigenvalue weighted by Gasteiger charge is -2.07. The van der Waals surface area contributed by atoms with Gasteiger partial charge in [-0.25, -0.2) is 4.68 Å². The zero-order valence-corrected chi connectivity index (χ0v) is 14.3. The van der Waals surface area contributed by atoms with Crippen LogP contribution in [0.3, 0.4) is 0 Å². The molecular weight excluding hydrogens is 344 g/mol. The number of rotatable bonds is 5. The van der Waals surface area contributed by atoms with Gasteiger partial charge < -0.3 is 5.32 Å². The molecule has 24 heavy (non-hydrogen) atoms. The first-order chi connectivity index (χ1) is 11.7. The molecule has 1 amide bonds. The fourth-order valence-electron chi connectivity index (χ4n) is 2.63. The van der Waals surface area contributed by atoms with Gasteiger partial charge in [0.1, 0.15) is 0 Å². The number of para-hydroxylation sites is 1. The van der Waals surface area contributed by atoms with Gasteiger partial charge >= 0.3 is 0 Å². The molecule has 7 heteroatoms. The lowest BCUT2D eigenvalue weighted by molar-refractivity contribution is 0.0945. The molecule has 0 radical (unpaired) electrons. The molecule has 1 N–H and O–H groups in total. The highest BCUT2D eigenvalue weighted by molar-refractivity contribution is 7.16. The maximum absolute atomic E-state index is 12.6. The predicted molar refractivity (Wildman–Crippen MR) is 93.8 cm³/mol. The van der Waals surface area contributed by atoms with Crippen molar-refractivity contribution < 1.29 is 4.79 Å². The Labute approximate surface area is 148 Å². The van der Waals surface area contributed by atoms with Gasteiger partial charge in [0.25, 0.3) is 5.91 Å². The van der Waals surface area contributed by atoms with Gasteiger partial charge in [-0.15, -0.1) is 16.4 Å². The van der Waals surface area contributed by atoms with Crippen LogP contribution in [0.2, 0.25) is 4.34 Å². The van der Waals surface area contributed by atoms with Gasteiger partial charge in [0, 0.05) is 10.8 Å². The molecular formula is C17H15ClN4OS.